The summed E-state index contributed by atoms with van der Waals surface area (Å²) < 4.78 is 19.2. The van der Waals surface area contributed by atoms with Gasteiger partial charge in [-0.25, -0.2) is 4.39 Å². The van der Waals surface area contributed by atoms with E-state index in [-0.39, 0.29) is 30.5 Å². The zero-order valence-corrected chi connectivity index (χ0v) is 15.0. The van der Waals surface area contributed by atoms with E-state index >= 15 is 0 Å². The normalized spacial score (nSPS) is 10.3. The van der Waals surface area contributed by atoms with Gasteiger partial charge in [-0.3, -0.25) is 9.59 Å². The molecule has 0 saturated heterocycles. The third kappa shape index (κ3) is 5.31. The molecular weight excluding hydrogens is 335 g/mol. The molecule has 0 aliphatic carbocycles. The van der Waals surface area contributed by atoms with Gasteiger partial charge in [0.25, 0.3) is 0 Å². The Kier molecular flexibility index (Phi) is 7.14. The molecule has 0 bridgehead atoms. The van der Waals surface area contributed by atoms with Crippen molar-refractivity contribution in [2.45, 2.75) is 19.8 Å². The van der Waals surface area contributed by atoms with E-state index in [2.05, 4.69) is 5.32 Å². The van der Waals surface area contributed by atoms with Crippen molar-refractivity contribution < 1.29 is 18.7 Å². The van der Waals surface area contributed by atoms with Crippen LogP contribution >= 0.6 is 0 Å². The summed E-state index contributed by atoms with van der Waals surface area (Å²) in [7, 11) is 1.61. The van der Waals surface area contributed by atoms with Crippen molar-refractivity contribution in [3.63, 3.8) is 0 Å². The second-order valence-electron chi connectivity index (χ2n) is 5.78. The summed E-state index contributed by atoms with van der Waals surface area (Å²) in [6.07, 6.45) is 0.735. The molecule has 2 amide bonds. The van der Waals surface area contributed by atoms with Crippen LogP contribution in [0, 0.1) is 5.82 Å². The Morgan fingerprint density at radius 3 is 2.50 bits per heavy atom. The maximum absolute atomic E-state index is 13.9. The van der Waals surface area contributed by atoms with Crippen LogP contribution in [-0.4, -0.2) is 32.0 Å². The number of carbonyl (C=O) groups is 2. The first kappa shape index (κ1) is 19.4. The van der Waals surface area contributed by atoms with Crippen LogP contribution < -0.4 is 15.0 Å². The second-order valence-corrected chi connectivity index (χ2v) is 5.78. The monoisotopic (exact) mass is 358 g/mol. The standard InChI is InChI=1S/C20H23FN2O3/c1-15(24)23(18-9-5-4-8-17(18)21)14-12-20(25)22-13-11-16-7-3-6-10-19(16)26-2/h3-10H,11-14H2,1-2H3,(H,22,25). The summed E-state index contributed by atoms with van der Waals surface area (Å²) in [5, 5.41) is 2.82. The maximum atomic E-state index is 13.9. The number of anilines is 1. The van der Waals surface area contributed by atoms with Crippen molar-refractivity contribution in [1.82, 2.24) is 5.32 Å². The smallest absolute Gasteiger partial charge is 0.223 e. The number of halogens is 1. The van der Waals surface area contributed by atoms with Crippen molar-refractivity contribution >= 4 is 17.5 Å². The van der Waals surface area contributed by atoms with Crippen LogP contribution in [0.1, 0.15) is 18.9 Å². The predicted octanol–water partition coefficient (Wildman–Crippen LogP) is 2.94. The van der Waals surface area contributed by atoms with Crippen molar-refractivity contribution in [3.05, 3.63) is 59.9 Å². The van der Waals surface area contributed by atoms with Gasteiger partial charge in [0, 0.05) is 26.4 Å². The van der Waals surface area contributed by atoms with Crippen LogP contribution in [0.4, 0.5) is 10.1 Å². The number of para-hydroxylation sites is 2. The molecule has 0 fully saturated rings. The van der Waals surface area contributed by atoms with Gasteiger partial charge in [0.15, 0.2) is 0 Å². The summed E-state index contributed by atoms with van der Waals surface area (Å²) in [6, 6.07) is 13.6. The van der Waals surface area contributed by atoms with E-state index in [1.165, 1.54) is 24.0 Å². The minimum atomic E-state index is -0.487. The number of rotatable bonds is 8. The third-order valence-corrected chi connectivity index (χ3v) is 3.99. The van der Waals surface area contributed by atoms with Crippen LogP contribution in [0.3, 0.4) is 0 Å². The first-order valence-electron chi connectivity index (χ1n) is 8.44. The van der Waals surface area contributed by atoms with E-state index in [9.17, 15) is 14.0 Å². The number of nitrogens with zero attached hydrogens (tertiary/aromatic N) is 1. The molecule has 0 aliphatic heterocycles. The van der Waals surface area contributed by atoms with Crippen molar-refractivity contribution in [2.75, 3.05) is 25.1 Å². The van der Waals surface area contributed by atoms with Gasteiger partial charge in [0.2, 0.25) is 11.8 Å². The van der Waals surface area contributed by atoms with Crippen LogP contribution in [0.2, 0.25) is 0 Å². The highest BCUT2D eigenvalue weighted by molar-refractivity contribution is 5.92. The highest BCUT2D eigenvalue weighted by Gasteiger charge is 2.16. The fourth-order valence-corrected chi connectivity index (χ4v) is 2.67. The summed E-state index contributed by atoms with van der Waals surface area (Å²) in [4.78, 5) is 25.1. The Morgan fingerprint density at radius 2 is 1.81 bits per heavy atom. The molecule has 0 aromatic heterocycles. The summed E-state index contributed by atoms with van der Waals surface area (Å²) >= 11 is 0. The van der Waals surface area contributed by atoms with Crippen molar-refractivity contribution in [2.24, 2.45) is 0 Å². The van der Waals surface area contributed by atoms with Crippen LogP contribution in [0.5, 0.6) is 5.75 Å². The molecule has 138 valence electrons. The first-order chi connectivity index (χ1) is 12.5. The molecule has 1 N–H and O–H groups in total. The van der Waals surface area contributed by atoms with E-state index in [1.54, 1.807) is 19.2 Å². The van der Waals surface area contributed by atoms with Gasteiger partial charge in [0.1, 0.15) is 11.6 Å². The molecular formula is C20H23FN2O3. The average molecular weight is 358 g/mol. The molecule has 0 unspecified atom stereocenters. The van der Waals surface area contributed by atoms with Gasteiger partial charge in [0.05, 0.1) is 12.8 Å². The fraction of sp³-hybridized carbons (Fsp3) is 0.300. The van der Waals surface area contributed by atoms with Gasteiger partial charge in [-0.05, 0) is 30.2 Å². The first-order valence-corrected chi connectivity index (χ1v) is 8.44. The number of carbonyl (C=O) groups excluding carboxylic acids is 2. The predicted molar refractivity (Wildman–Crippen MR) is 98.8 cm³/mol. The second kappa shape index (κ2) is 9.56. The van der Waals surface area contributed by atoms with Crippen molar-refractivity contribution in [3.8, 4) is 5.75 Å². The average Bonchev–Trinajstić information content (AvgIpc) is 2.63. The number of hydrogen-bond donors (Lipinski definition) is 1. The van der Waals surface area contributed by atoms with E-state index in [4.69, 9.17) is 4.74 Å². The summed E-state index contributed by atoms with van der Waals surface area (Å²) in [5.74, 6) is -0.206. The quantitative estimate of drug-likeness (QED) is 0.789. The van der Waals surface area contributed by atoms with Crippen LogP contribution in [0.25, 0.3) is 0 Å². The number of methoxy groups -OCH3 is 1. The molecule has 0 spiro atoms. The molecule has 0 heterocycles. The number of hydrogen-bond acceptors (Lipinski definition) is 3. The van der Waals surface area contributed by atoms with E-state index in [1.807, 2.05) is 24.3 Å². The largest absolute Gasteiger partial charge is 0.496 e. The number of nitrogens with one attached hydrogen (secondary N) is 1. The Balaban J connectivity index is 1.85. The molecule has 0 saturated carbocycles. The van der Waals surface area contributed by atoms with Crippen LogP contribution in [0.15, 0.2) is 48.5 Å². The minimum absolute atomic E-state index is 0.0971. The molecule has 2 rings (SSSR count). The van der Waals surface area contributed by atoms with Gasteiger partial charge in [-0.2, -0.15) is 0 Å². The molecule has 2 aromatic carbocycles. The highest BCUT2D eigenvalue weighted by Crippen LogP contribution is 2.19. The van der Waals surface area contributed by atoms with E-state index in [0.717, 1.165) is 11.3 Å². The van der Waals surface area contributed by atoms with Crippen molar-refractivity contribution in [1.29, 1.82) is 0 Å². The Hall–Kier alpha value is -2.89. The fourth-order valence-electron chi connectivity index (χ4n) is 2.67. The Bertz CT molecular complexity index is 764. The molecule has 6 heteroatoms. The summed E-state index contributed by atoms with van der Waals surface area (Å²) in [6.45, 7) is 1.93. The SMILES string of the molecule is COc1ccccc1CCNC(=O)CCN(C(C)=O)c1ccccc1F. The summed E-state index contributed by atoms with van der Waals surface area (Å²) in [5.41, 5.74) is 1.19. The molecule has 26 heavy (non-hydrogen) atoms. The molecule has 2 aromatic rings. The minimum Gasteiger partial charge on any atom is -0.496 e. The van der Waals surface area contributed by atoms with Gasteiger partial charge >= 0.3 is 0 Å². The molecule has 0 aliphatic rings. The zero-order chi connectivity index (χ0) is 18.9. The number of benzene rings is 2. The Labute approximate surface area is 152 Å². The lowest BCUT2D eigenvalue weighted by Gasteiger charge is -2.21. The molecule has 0 atom stereocenters. The van der Waals surface area contributed by atoms with Gasteiger partial charge in [-0.1, -0.05) is 30.3 Å². The molecule has 5 nitrogen and oxygen atoms in total. The Morgan fingerprint density at radius 1 is 1.12 bits per heavy atom. The third-order valence-electron chi connectivity index (χ3n) is 3.99. The van der Waals surface area contributed by atoms with E-state index in [0.29, 0.717) is 13.0 Å². The topological polar surface area (TPSA) is 58.6 Å². The lowest BCUT2D eigenvalue weighted by molar-refractivity contribution is -0.121. The lowest BCUT2D eigenvalue weighted by atomic mass is 10.1. The molecule has 0 radical (unpaired) electrons. The lowest BCUT2D eigenvalue weighted by Crippen LogP contribution is -2.35. The number of amides is 2. The highest BCUT2D eigenvalue weighted by atomic mass is 19.1. The zero-order valence-electron chi connectivity index (χ0n) is 15.0. The maximum Gasteiger partial charge on any atom is 0.223 e. The van der Waals surface area contributed by atoms with Gasteiger partial charge < -0.3 is 15.0 Å². The van der Waals surface area contributed by atoms with Gasteiger partial charge in [-0.15, -0.1) is 0 Å². The van der Waals surface area contributed by atoms with Crippen LogP contribution in [-0.2, 0) is 16.0 Å². The number of ether oxygens (including phenoxy) is 1. The van der Waals surface area contributed by atoms with E-state index < -0.39 is 5.82 Å².